The lowest BCUT2D eigenvalue weighted by Crippen LogP contribution is -2.32. The van der Waals surface area contributed by atoms with Crippen molar-refractivity contribution in [2.45, 2.75) is 32.6 Å². The molecule has 5 nitrogen and oxygen atoms in total. The number of piperidine rings is 1. The molecular formula is C22H28N4O. The summed E-state index contributed by atoms with van der Waals surface area (Å²) in [5.74, 6) is 0.791. The van der Waals surface area contributed by atoms with Gasteiger partial charge in [0.1, 0.15) is 5.82 Å². The van der Waals surface area contributed by atoms with Crippen molar-refractivity contribution in [3.8, 4) is 0 Å². The van der Waals surface area contributed by atoms with E-state index in [0.29, 0.717) is 5.56 Å². The molecule has 2 aliphatic rings. The quantitative estimate of drug-likeness (QED) is 0.822. The van der Waals surface area contributed by atoms with Crippen molar-refractivity contribution >= 4 is 23.1 Å². The van der Waals surface area contributed by atoms with E-state index in [1.807, 2.05) is 44.3 Å². The Labute approximate surface area is 161 Å². The third-order valence-corrected chi connectivity index (χ3v) is 5.64. The van der Waals surface area contributed by atoms with E-state index in [0.717, 1.165) is 42.4 Å². The highest BCUT2D eigenvalue weighted by molar-refractivity contribution is 6.13. The second-order valence-corrected chi connectivity index (χ2v) is 7.58. The first-order chi connectivity index (χ1) is 13.1. The molecular weight excluding hydrogens is 336 g/mol. The minimum Gasteiger partial charge on any atom is -0.324 e. The molecule has 0 bridgehead atoms. The number of benzene rings is 1. The molecule has 0 radical (unpaired) electrons. The number of carbonyl (C=O) groups excluding carboxylic acids is 1. The lowest BCUT2D eigenvalue weighted by molar-refractivity contribution is 0.0994. The van der Waals surface area contributed by atoms with Crippen LogP contribution in [0.2, 0.25) is 0 Å². The van der Waals surface area contributed by atoms with Crippen LogP contribution in [0.1, 0.15) is 41.7 Å². The van der Waals surface area contributed by atoms with Crippen LogP contribution in [0.3, 0.4) is 0 Å². The summed E-state index contributed by atoms with van der Waals surface area (Å²) >= 11 is 0. The van der Waals surface area contributed by atoms with Crippen LogP contribution in [0.15, 0.2) is 36.4 Å². The van der Waals surface area contributed by atoms with Gasteiger partial charge < -0.3 is 14.7 Å². The SMILES string of the molecule is Cc1ccc2c(n1)N(CCCN1CCCCC1)c1ccccc1N(C)C2=O. The lowest BCUT2D eigenvalue weighted by Gasteiger charge is -2.29. The number of fused-ring (bicyclic) bond motifs is 2. The summed E-state index contributed by atoms with van der Waals surface area (Å²) < 4.78 is 0. The number of anilines is 3. The number of amides is 1. The second kappa shape index (κ2) is 7.69. The lowest BCUT2D eigenvalue weighted by atomic mass is 10.1. The van der Waals surface area contributed by atoms with Gasteiger partial charge in [-0.05, 0) is 70.1 Å². The summed E-state index contributed by atoms with van der Waals surface area (Å²) in [6.07, 6.45) is 5.05. The van der Waals surface area contributed by atoms with Gasteiger partial charge in [-0.2, -0.15) is 0 Å². The number of hydrogen-bond acceptors (Lipinski definition) is 4. The van der Waals surface area contributed by atoms with Crippen LogP contribution in [0.25, 0.3) is 0 Å². The van der Waals surface area contributed by atoms with Crippen LogP contribution in [-0.4, -0.2) is 49.0 Å². The second-order valence-electron chi connectivity index (χ2n) is 7.58. The Kier molecular flexibility index (Phi) is 5.12. The Hall–Kier alpha value is -2.40. The smallest absolute Gasteiger partial charge is 0.261 e. The number of aromatic nitrogens is 1. The van der Waals surface area contributed by atoms with Gasteiger partial charge in [-0.15, -0.1) is 0 Å². The molecule has 27 heavy (non-hydrogen) atoms. The molecule has 1 fully saturated rings. The standard InChI is InChI=1S/C22H28N4O/c1-17-11-12-18-21(23-17)26(16-8-15-25-13-6-3-7-14-25)20-10-5-4-9-19(20)24(2)22(18)27/h4-5,9-12H,3,6-8,13-16H2,1-2H3. The van der Waals surface area contributed by atoms with E-state index < -0.39 is 0 Å². The minimum absolute atomic E-state index is 0.00322. The summed E-state index contributed by atoms with van der Waals surface area (Å²) in [5.41, 5.74) is 3.61. The fourth-order valence-electron chi connectivity index (χ4n) is 4.16. The number of pyridine rings is 1. The van der Waals surface area contributed by atoms with Gasteiger partial charge in [0.2, 0.25) is 0 Å². The summed E-state index contributed by atoms with van der Waals surface area (Å²) in [6, 6.07) is 12.0. The molecule has 0 atom stereocenters. The Bertz CT molecular complexity index is 829. The van der Waals surface area contributed by atoms with Crippen LogP contribution in [0.4, 0.5) is 17.2 Å². The first kappa shape index (κ1) is 18.0. The molecule has 1 saturated heterocycles. The maximum Gasteiger partial charge on any atom is 0.261 e. The Morgan fingerprint density at radius 1 is 0.963 bits per heavy atom. The van der Waals surface area contributed by atoms with E-state index in [1.165, 1.54) is 32.4 Å². The van der Waals surface area contributed by atoms with E-state index in [2.05, 4.69) is 15.9 Å². The van der Waals surface area contributed by atoms with E-state index in [-0.39, 0.29) is 5.91 Å². The predicted molar refractivity (Wildman–Crippen MR) is 110 cm³/mol. The molecule has 3 heterocycles. The molecule has 0 saturated carbocycles. The molecule has 0 aliphatic carbocycles. The Morgan fingerprint density at radius 2 is 1.70 bits per heavy atom. The highest BCUT2D eigenvalue weighted by Crippen LogP contribution is 2.39. The van der Waals surface area contributed by atoms with E-state index >= 15 is 0 Å². The highest BCUT2D eigenvalue weighted by Gasteiger charge is 2.29. The fourth-order valence-corrected chi connectivity index (χ4v) is 4.16. The first-order valence-corrected chi connectivity index (χ1v) is 10.00. The Balaban J connectivity index is 1.66. The molecule has 142 valence electrons. The Morgan fingerprint density at radius 3 is 2.48 bits per heavy atom. The molecule has 2 aliphatic heterocycles. The van der Waals surface area contributed by atoms with E-state index in [4.69, 9.17) is 4.98 Å². The van der Waals surface area contributed by atoms with Gasteiger partial charge in [-0.3, -0.25) is 4.79 Å². The first-order valence-electron chi connectivity index (χ1n) is 10.00. The molecule has 4 rings (SSSR count). The molecule has 1 aromatic carbocycles. The molecule has 0 unspecified atom stereocenters. The van der Waals surface area contributed by atoms with Crippen molar-refractivity contribution in [3.05, 3.63) is 47.7 Å². The van der Waals surface area contributed by atoms with Gasteiger partial charge >= 0.3 is 0 Å². The van der Waals surface area contributed by atoms with Crippen molar-refractivity contribution in [1.82, 2.24) is 9.88 Å². The summed E-state index contributed by atoms with van der Waals surface area (Å²) in [4.78, 5) is 24.3. The van der Waals surface area contributed by atoms with Crippen molar-refractivity contribution in [2.75, 3.05) is 43.0 Å². The number of hydrogen-bond donors (Lipinski definition) is 0. The zero-order valence-electron chi connectivity index (χ0n) is 16.3. The number of likely N-dealkylation sites (tertiary alicyclic amines) is 1. The average Bonchev–Trinajstić information content (AvgIpc) is 2.78. The zero-order chi connectivity index (χ0) is 18.8. The van der Waals surface area contributed by atoms with Crippen molar-refractivity contribution in [1.29, 1.82) is 0 Å². The summed E-state index contributed by atoms with van der Waals surface area (Å²) in [6.45, 7) is 6.37. The van der Waals surface area contributed by atoms with E-state index in [9.17, 15) is 4.79 Å². The van der Waals surface area contributed by atoms with Crippen LogP contribution in [-0.2, 0) is 0 Å². The maximum absolute atomic E-state index is 13.0. The molecule has 0 N–H and O–H groups in total. The van der Waals surface area contributed by atoms with Crippen LogP contribution in [0, 0.1) is 6.92 Å². The normalized spacial score (nSPS) is 17.5. The van der Waals surface area contributed by atoms with Gasteiger partial charge in [0, 0.05) is 19.3 Å². The molecule has 5 heteroatoms. The zero-order valence-corrected chi connectivity index (χ0v) is 16.3. The van der Waals surface area contributed by atoms with E-state index in [1.54, 1.807) is 4.90 Å². The fraction of sp³-hybridized carbons (Fsp3) is 0.455. The maximum atomic E-state index is 13.0. The predicted octanol–water partition coefficient (Wildman–Crippen LogP) is 3.99. The minimum atomic E-state index is 0.00322. The van der Waals surface area contributed by atoms with Gasteiger partial charge in [-0.1, -0.05) is 18.6 Å². The van der Waals surface area contributed by atoms with Gasteiger partial charge in [0.25, 0.3) is 5.91 Å². The van der Waals surface area contributed by atoms with Crippen LogP contribution < -0.4 is 9.80 Å². The molecule has 2 aromatic rings. The van der Waals surface area contributed by atoms with Crippen molar-refractivity contribution in [3.63, 3.8) is 0 Å². The third kappa shape index (κ3) is 3.56. The third-order valence-electron chi connectivity index (χ3n) is 5.64. The van der Waals surface area contributed by atoms with Crippen LogP contribution in [0.5, 0.6) is 0 Å². The molecule has 1 aromatic heterocycles. The highest BCUT2D eigenvalue weighted by atomic mass is 16.2. The van der Waals surface area contributed by atoms with Gasteiger partial charge in [-0.25, -0.2) is 4.98 Å². The molecule has 0 spiro atoms. The largest absolute Gasteiger partial charge is 0.324 e. The van der Waals surface area contributed by atoms with Gasteiger partial charge in [0.05, 0.1) is 16.9 Å². The number of carbonyl (C=O) groups is 1. The average molecular weight is 364 g/mol. The molecule has 1 amide bonds. The topological polar surface area (TPSA) is 39.7 Å². The van der Waals surface area contributed by atoms with Gasteiger partial charge in [0.15, 0.2) is 0 Å². The van der Waals surface area contributed by atoms with Crippen molar-refractivity contribution < 1.29 is 4.79 Å². The van der Waals surface area contributed by atoms with Crippen molar-refractivity contribution in [2.24, 2.45) is 0 Å². The number of rotatable bonds is 4. The summed E-state index contributed by atoms with van der Waals surface area (Å²) in [5, 5.41) is 0. The number of nitrogens with zero attached hydrogens (tertiary/aromatic N) is 4. The number of para-hydroxylation sites is 2. The van der Waals surface area contributed by atoms with Crippen LogP contribution >= 0.6 is 0 Å². The summed E-state index contributed by atoms with van der Waals surface area (Å²) in [7, 11) is 1.85. The number of aryl methyl sites for hydroxylation is 1. The monoisotopic (exact) mass is 364 g/mol.